The number of nitriles is 1. The molecule has 0 atom stereocenters. The summed E-state index contributed by atoms with van der Waals surface area (Å²) in [6.07, 6.45) is 2.98. The van der Waals surface area contributed by atoms with Crippen molar-refractivity contribution in [2.45, 2.75) is 38.4 Å². The van der Waals surface area contributed by atoms with Gasteiger partial charge in [-0.2, -0.15) is 17.0 Å². The second kappa shape index (κ2) is 6.95. The van der Waals surface area contributed by atoms with Gasteiger partial charge in [0.05, 0.1) is 6.07 Å². The van der Waals surface area contributed by atoms with E-state index in [0.717, 1.165) is 18.1 Å². The minimum absolute atomic E-state index is 0.721. The van der Waals surface area contributed by atoms with E-state index in [9.17, 15) is 0 Å². The summed E-state index contributed by atoms with van der Waals surface area (Å²) in [6.45, 7) is 4.41. The summed E-state index contributed by atoms with van der Waals surface area (Å²) in [5.41, 5.74) is 0. The van der Waals surface area contributed by atoms with Crippen molar-refractivity contribution in [2.24, 2.45) is 0 Å². The van der Waals surface area contributed by atoms with Crippen molar-refractivity contribution in [3.8, 4) is 6.07 Å². The van der Waals surface area contributed by atoms with Gasteiger partial charge in [0.1, 0.15) is 0 Å². The Morgan fingerprint density at radius 2 is 2.10 bits per heavy atom. The molecule has 0 rings (SSSR count). The summed E-state index contributed by atoms with van der Waals surface area (Å²) in [6, 6.07) is 2.15. The lowest BCUT2D eigenvalue weighted by Crippen LogP contribution is -1.89. The molecule has 0 aliphatic heterocycles. The van der Waals surface area contributed by atoms with Crippen LogP contribution in [-0.2, 0) is 0 Å². The van der Waals surface area contributed by atoms with E-state index in [0.29, 0.717) is 0 Å². The van der Waals surface area contributed by atoms with Crippen LogP contribution in [0.15, 0.2) is 0 Å². The van der Waals surface area contributed by atoms with Crippen LogP contribution in [0, 0.1) is 11.3 Å². The highest BCUT2D eigenvalue weighted by atomic mass is 32.2. The van der Waals surface area contributed by atoms with E-state index < -0.39 is 0 Å². The Bertz CT molecular complexity index is 104. The molecule has 0 N–H and O–H groups in total. The van der Waals surface area contributed by atoms with Gasteiger partial charge in [-0.3, -0.25) is 0 Å². The van der Waals surface area contributed by atoms with Crippen LogP contribution in [0.25, 0.3) is 0 Å². The maximum Gasteiger partial charge on any atom is 0.0621 e. The average molecular weight is 157 g/mol. The SMILES string of the molecule is CC(C)SCCCCC#N. The smallest absolute Gasteiger partial charge is 0.0621 e. The van der Waals surface area contributed by atoms with Crippen LogP contribution in [0.1, 0.15) is 33.1 Å². The van der Waals surface area contributed by atoms with Gasteiger partial charge in [0, 0.05) is 6.42 Å². The predicted octanol–water partition coefficient (Wildman–Crippen LogP) is 2.82. The second-order valence-electron chi connectivity index (χ2n) is 2.53. The van der Waals surface area contributed by atoms with Gasteiger partial charge >= 0.3 is 0 Å². The van der Waals surface area contributed by atoms with Crippen molar-refractivity contribution in [3.63, 3.8) is 0 Å². The number of unbranched alkanes of at least 4 members (excludes halogenated alkanes) is 2. The highest BCUT2D eigenvalue weighted by Crippen LogP contribution is 2.11. The Morgan fingerprint density at radius 3 is 2.60 bits per heavy atom. The first kappa shape index (κ1) is 9.84. The third-order valence-corrected chi connectivity index (χ3v) is 2.33. The first-order chi connectivity index (χ1) is 4.77. The van der Waals surface area contributed by atoms with Crippen molar-refractivity contribution in [2.75, 3.05) is 5.75 Å². The van der Waals surface area contributed by atoms with E-state index in [-0.39, 0.29) is 0 Å². The molecule has 58 valence electrons. The molecular formula is C8H15NS. The molecule has 0 heterocycles. The molecule has 0 fully saturated rings. The number of thioether (sulfide) groups is 1. The maximum atomic E-state index is 8.22. The largest absolute Gasteiger partial charge is 0.198 e. The molecule has 0 aromatic carbocycles. The molecule has 2 heteroatoms. The molecule has 0 amide bonds. The maximum absolute atomic E-state index is 8.22. The molecule has 0 bridgehead atoms. The molecule has 1 nitrogen and oxygen atoms in total. The van der Waals surface area contributed by atoms with E-state index in [1.165, 1.54) is 12.2 Å². The van der Waals surface area contributed by atoms with Gasteiger partial charge in [-0.15, -0.1) is 0 Å². The van der Waals surface area contributed by atoms with Gasteiger partial charge in [0.15, 0.2) is 0 Å². The molecule has 0 saturated heterocycles. The van der Waals surface area contributed by atoms with Gasteiger partial charge in [-0.25, -0.2) is 0 Å². The minimum Gasteiger partial charge on any atom is -0.198 e. The van der Waals surface area contributed by atoms with Gasteiger partial charge in [0.2, 0.25) is 0 Å². The topological polar surface area (TPSA) is 23.8 Å². The lowest BCUT2D eigenvalue weighted by Gasteiger charge is -2.01. The van der Waals surface area contributed by atoms with E-state index in [2.05, 4.69) is 19.9 Å². The molecule has 0 aliphatic rings. The Morgan fingerprint density at radius 1 is 1.40 bits per heavy atom. The van der Waals surface area contributed by atoms with E-state index in [1.807, 2.05) is 11.8 Å². The van der Waals surface area contributed by atoms with Gasteiger partial charge in [-0.1, -0.05) is 13.8 Å². The molecule has 10 heavy (non-hydrogen) atoms. The molecule has 0 radical (unpaired) electrons. The van der Waals surface area contributed by atoms with Gasteiger partial charge < -0.3 is 0 Å². The van der Waals surface area contributed by atoms with E-state index >= 15 is 0 Å². The molecule has 0 unspecified atom stereocenters. The quantitative estimate of drug-likeness (QED) is 0.573. The van der Waals surface area contributed by atoms with Crippen LogP contribution in [0.5, 0.6) is 0 Å². The summed E-state index contributed by atoms with van der Waals surface area (Å²) in [7, 11) is 0. The fourth-order valence-electron chi connectivity index (χ4n) is 0.625. The van der Waals surface area contributed by atoms with Crippen LogP contribution in [0.2, 0.25) is 0 Å². The van der Waals surface area contributed by atoms with Crippen LogP contribution in [-0.4, -0.2) is 11.0 Å². The van der Waals surface area contributed by atoms with Crippen LogP contribution >= 0.6 is 11.8 Å². The third kappa shape index (κ3) is 7.84. The molecule has 0 aliphatic carbocycles. The summed E-state index contributed by atoms with van der Waals surface area (Å²) in [5.74, 6) is 1.21. The zero-order chi connectivity index (χ0) is 7.82. The first-order valence-electron chi connectivity index (χ1n) is 3.76. The Labute approximate surface area is 67.8 Å². The fourth-order valence-corrected chi connectivity index (χ4v) is 1.47. The minimum atomic E-state index is 0.721. The van der Waals surface area contributed by atoms with Crippen LogP contribution in [0.3, 0.4) is 0 Å². The molecule has 0 saturated carbocycles. The first-order valence-corrected chi connectivity index (χ1v) is 4.80. The molecule has 0 spiro atoms. The Kier molecular flexibility index (Phi) is 6.84. The van der Waals surface area contributed by atoms with Crippen molar-refractivity contribution in [3.05, 3.63) is 0 Å². The number of rotatable bonds is 5. The average Bonchev–Trinajstić information content (AvgIpc) is 1.87. The molecule has 0 aromatic heterocycles. The summed E-state index contributed by atoms with van der Waals surface area (Å²) >= 11 is 1.97. The van der Waals surface area contributed by atoms with Crippen molar-refractivity contribution < 1.29 is 0 Å². The molecule has 0 aromatic rings. The van der Waals surface area contributed by atoms with Crippen LogP contribution in [0.4, 0.5) is 0 Å². The zero-order valence-corrected chi connectivity index (χ0v) is 7.58. The highest BCUT2D eigenvalue weighted by Gasteiger charge is 1.92. The fraction of sp³-hybridized carbons (Fsp3) is 0.875. The number of hydrogen-bond donors (Lipinski definition) is 0. The lowest BCUT2D eigenvalue weighted by atomic mass is 10.3. The van der Waals surface area contributed by atoms with Crippen LogP contribution < -0.4 is 0 Å². The summed E-state index contributed by atoms with van der Waals surface area (Å²) < 4.78 is 0. The predicted molar refractivity (Wildman–Crippen MR) is 47.1 cm³/mol. The van der Waals surface area contributed by atoms with Crippen molar-refractivity contribution in [1.82, 2.24) is 0 Å². The monoisotopic (exact) mass is 157 g/mol. The van der Waals surface area contributed by atoms with Crippen molar-refractivity contribution in [1.29, 1.82) is 5.26 Å². The second-order valence-corrected chi connectivity index (χ2v) is 4.22. The lowest BCUT2D eigenvalue weighted by molar-refractivity contribution is 0.828. The normalized spacial score (nSPS) is 9.80. The Balaban J connectivity index is 2.86. The van der Waals surface area contributed by atoms with E-state index in [1.54, 1.807) is 0 Å². The number of nitrogens with zero attached hydrogens (tertiary/aromatic N) is 1. The zero-order valence-electron chi connectivity index (χ0n) is 6.76. The summed E-state index contributed by atoms with van der Waals surface area (Å²) in [5, 5.41) is 8.96. The summed E-state index contributed by atoms with van der Waals surface area (Å²) in [4.78, 5) is 0. The van der Waals surface area contributed by atoms with Gasteiger partial charge in [0.25, 0.3) is 0 Å². The van der Waals surface area contributed by atoms with Crippen molar-refractivity contribution >= 4 is 11.8 Å². The van der Waals surface area contributed by atoms with E-state index in [4.69, 9.17) is 5.26 Å². The van der Waals surface area contributed by atoms with Gasteiger partial charge in [-0.05, 0) is 23.8 Å². The Hall–Kier alpha value is -0.160. The molecular weight excluding hydrogens is 142 g/mol. The third-order valence-electron chi connectivity index (χ3n) is 1.13. The number of hydrogen-bond acceptors (Lipinski definition) is 2. The highest BCUT2D eigenvalue weighted by molar-refractivity contribution is 7.99. The standard InChI is InChI=1S/C8H15NS/c1-8(2)10-7-5-3-4-6-9/h8H,3-5,7H2,1-2H3.